The molecule has 0 N–H and O–H groups in total. The van der Waals surface area contributed by atoms with Gasteiger partial charge in [-0.15, -0.1) is 0 Å². The zero-order valence-corrected chi connectivity index (χ0v) is 0. The molecule has 0 saturated heterocycles. The lowest BCUT2D eigenvalue weighted by Crippen LogP contribution is 0.143. The van der Waals surface area contributed by atoms with Crippen LogP contribution in [0.2, 0.25) is 0 Å². The molecule has 0 amide bonds. The molecule has 0 unspecified atom stereocenters. The van der Waals surface area contributed by atoms with Gasteiger partial charge in [-0.25, -0.2) is 0 Å². The standard InChI is InChI=1S/7CH4.6H2/h7*1H4;6*1H/i;;;;;;;6*1+2. The Morgan fingerprint density at radius 3 is 0.286 bits per heavy atom. The maximum absolute atomic E-state index is 0. The monoisotopic (exact) mass is 136 g/mol. The summed E-state index contributed by atoms with van der Waals surface area (Å²) in [5, 5.41) is 0. The van der Waals surface area contributed by atoms with Crippen LogP contribution in [0.1, 0.15) is 60.5 Å². The van der Waals surface area contributed by atoms with Crippen molar-refractivity contribution in [3.05, 3.63) is 0 Å². The number of rotatable bonds is 0. The highest BCUT2D eigenvalue weighted by molar-refractivity contribution is 2.51. The smallest absolute Gasteiger partial charge is 0 e. The predicted molar refractivity (Wildman–Crippen MR) is 59.8 cm³/mol. The summed E-state index contributed by atoms with van der Waals surface area (Å²) >= 11 is 0. The molecular weight excluding hydrogens is 84.1 g/mol. The van der Waals surface area contributed by atoms with Crippen molar-refractivity contribution in [3.8, 4) is 0 Å². The summed E-state index contributed by atoms with van der Waals surface area (Å²) in [5.74, 6) is 0. The van der Waals surface area contributed by atoms with Crippen LogP contribution in [-0.2, 0) is 0 Å². The lowest BCUT2D eigenvalue weighted by atomic mass is 12.0. The van der Waals surface area contributed by atoms with E-state index in [9.17, 15) is 0 Å². The Bertz CT molecular complexity index is 12.9. The van der Waals surface area contributed by atoms with Gasteiger partial charge in [0.25, 0.3) is 0 Å². The van der Waals surface area contributed by atoms with Gasteiger partial charge in [0.15, 0.2) is 0 Å². The highest BCUT2D eigenvalue weighted by Gasteiger charge is -0.0716. The van der Waals surface area contributed by atoms with Crippen molar-refractivity contribution in [3.63, 3.8) is 0 Å². The second kappa shape index (κ2) is 0. The zero-order valence-electron chi connectivity index (χ0n) is 0. The molecular formula is C7H40. The van der Waals surface area contributed by atoms with E-state index in [1.165, 1.54) is 0 Å². The van der Waals surface area contributed by atoms with Crippen molar-refractivity contribution in [2.45, 2.75) is 52.0 Å². The van der Waals surface area contributed by atoms with Crippen LogP contribution in [0.15, 0.2) is 0 Å². The average Bonchev–Trinajstić information content (AvgIpc) is 0. The van der Waals surface area contributed by atoms with Gasteiger partial charge >= 0.3 is 0 Å². The van der Waals surface area contributed by atoms with Gasteiger partial charge in [-0.05, 0) is 0 Å². The first kappa shape index (κ1) is 0. The minimum atomic E-state index is 0. The third kappa shape index (κ3) is 0. The van der Waals surface area contributed by atoms with Crippen LogP contribution in [0.3, 0.4) is 0 Å². The Morgan fingerprint density at radius 2 is 0.286 bits per heavy atom. The Balaban J connectivity index is 0. The van der Waals surface area contributed by atoms with Gasteiger partial charge in [-0.1, -0.05) is 52.0 Å². The molecule has 0 radical (unpaired) electrons. The molecule has 0 spiro atoms. The fourth-order valence-electron chi connectivity index (χ4n) is 0. The van der Waals surface area contributed by atoms with Crippen LogP contribution in [0.25, 0.3) is 0 Å². The third-order valence-corrected chi connectivity index (χ3v) is 0. The van der Waals surface area contributed by atoms with Crippen LogP contribution in [-0.4, -0.2) is 0 Å². The molecule has 0 aromatic rings. The van der Waals surface area contributed by atoms with Crippen molar-refractivity contribution in [1.82, 2.24) is 0 Å². The minimum Gasteiger partial charge on any atom is -0.0776 e. The third-order valence-electron chi connectivity index (χ3n) is 0. The van der Waals surface area contributed by atoms with Crippen LogP contribution < -0.4 is 0 Å². The van der Waals surface area contributed by atoms with E-state index in [4.69, 9.17) is 0 Å². The summed E-state index contributed by atoms with van der Waals surface area (Å²) in [6.45, 7) is 0. The molecule has 0 atom stereocenters. The highest BCUT2D eigenvalue weighted by atomic mass is 12.0. The van der Waals surface area contributed by atoms with Crippen LogP contribution in [0.4, 0.5) is 0 Å². The maximum atomic E-state index is 0. The molecule has 0 heterocycles. The number of hydrogen-bond acceptors (Lipinski definition) is 0. The minimum absolute atomic E-state index is 0. The van der Waals surface area contributed by atoms with Crippen molar-refractivity contribution in [1.29, 1.82) is 0 Å². The Labute approximate surface area is 61.9 Å². The molecule has 0 aliphatic heterocycles. The fourth-order valence-corrected chi connectivity index (χ4v) is 0. The summed E-state index contributed by atoms with van der Waals surface area (Å²) in [4.78, 5) is 0. The van der Waals surface area contributed by atoms with Crippen LogP contribution in [0, 0.1) is 0 Å². The molecule has 0 heteroatoms. The van der Waals surface area contributed by atoms with E-state index in [2.05, 4.69) is 0 Å². The molecule has 0 aromatic carbocycles. The quantitative estimate of drug-likeness (QED) is 0.387. The van der Waals surface area contributed by atoms with E-state index < -0.39 is 0 Å². The van der Waals surface area contributed by atoms with Gasteiger partial charge in [0, 0.05) is 8.56 Å². The van der Waals surface area contributed by atoms with E-state index in [0.29, 0.717) is 0 Å². The molecule has 0 rings (SSSR count). The van der Waals surface area contributed by atoms with E-state index in [0.717, 1.165) is 0 Å². The normalized spacial score (nSPS) is 0. The fraction of sp³-hybridized carbons (Fsp3) is 1.00. The summed E-state index contributed by atoms with van der Waals surface area (Å²) < 4.78 is 0. The molecule has 0 aromatic heterocycles. The van der Waals surface area contributed by atoms with Crippen molar-refractivity contribution in [2.24, 2.45) is 0 Å². The second-order valence-electron chi connectivity index (χ2n) is 0. The molecule has 0 bridgehead atoms. The highest BCUT2D eigenvalue weighted by Crippen LogP contribution is 0.150. The van der Waals surface area contributed by atoms with E-state index in [1.54, 1.807) is 0 Å². The van der Waals surface area contributed by atoms with Gasteiger partial charge in [0.2, 0.25) is 0 Å². The molecule has 68 valence electrons. The van der Waals surface area contributed by atoms with E-state index >= 15 is 0 Å². The van der Waals surface area contributed by atoms with Crippen molar-refractivity contribution in [2.75, 3.05) is 0 Å². The lowest BCUT2D eigenvalue weighted by Gasteiger charge is -0.0786. The molecule has 7 heavy (non-hydrogen) atoms. The Hall–Kier alpha value is 0. The van der Waals surface area contributed by atoms with Crippen molar-refractivity contribution >= 4 is 0 Å². The van der Waals surface area contributed by atoms with E-state index in [1.807, 2.05) is 0 Å². The summed E-state index contributed by atoms with van der Waals surface area (Å²) in [7, 11) is 0. The summed E-state index contributed by atoms with van der Waals surface area (Å²) in [6.07, 6.45) is 0. The second-order valence-corrected chi connectivity index (χ2v) is 0. The van der Waals surface area contributed by atoms with Gasteiger partial charge in [0.1, 0.15) is 0 Å². The first-order chi connectivity index (χ1) is 0. The largest absolute Gasteiger partial charge is 0.0776 e. The molecule has 0 aliphatic rings. The average molecular weight is 136 g/mol. The number of hydrogen-bond donors (Lipinski definition) is 0. The SMILES string of the molecule is C.C.C.C.C.C.C.[3HH].[3HH].[3HH].[3HH].[3HH].[3HH]. The molecule has 0 nitrogen and oxygen atoms in total. The summed E-state index contributed by atoms with van der Waals surface area (Å²) in [6, 6.07) is 0. The molecule has 0 saturated carbocycles. The Morgan fingerprint density at radius 1 is 0.286 bits per heavy atom. The first-order valence-electron chi connectivity index (χ1n) is 0. The zero-order chi connectivity index (χ0) is 0. The topological polar surface area (TPSA) is 0 Å². The van der Waals surface area contributed by atoms with Gasteiger partial charge in [-0.2, -0.15) is 0 Å². The Kier molecular flexibility index (Phi) is 0. The van der Waals surface area contributed by atoms with Crippen LogP contribution in [0.5, 0.6) is 0 Å². The maximum Gasteiger partial charge on any atom is 0 e. The van der Waals surface area contributed by atoms with Crippen molar-refractivity contribution < 1.29 is 8.56 Å². The molecule has 0 aliphatic carbocycles. The van der Waals surface area contributed by atoms with E-state index in [-0.39, 0.29) is 60.5 Å². The van der Waals surface area contributed by atoms with Gasteiger partial charge in [0.05, 0.1) is 0 Å². The first-order valence-corrected chi connectivity index (χ1v) is 0. The predicted octanol–water partition coefficient (Wildman–Crippen LogP) is 5.93. The van der Waals surface area contributed by atoms with Gasteiger partial charge < -0.3 is 0 Å². The van der Waals surface area contributed by atoms with Crippen LogP contribution >= 0.6 is 0 Å². The summed E-state index contributed by atoms with van der Waals surface area (Å²) in [5.41, 5.74) is 0. The molecule has 0 fully saturated rings. The lowest BCUT2D eigenvalue weighted by molar-refractivity contribution is 2.50. The van der Waals surface area contributed by atoms with Gasteiger partial charge in [-0.3, -0.25) is 0 Å².